The van der Waals surface area contributed by atoms with Gasteiger partial charge in [0.2, 0.25) is 5.91 Å². The van der Waals surface area contributed by atoms with E-state index < -0.39 is 18.1 Å². The lowest BCUT2D eigenvalue weighted by atomic mass is 10.1. The van der Waals surface area contributed by atoms with Gasteiger partial charge in [0.25, 0.3) is 5.91 Å². The monoisotopic (exact) mass is 231 g/mol. The van der Waals surface area contributed by atoms with Gasteiger partial charge < -0.3 is 15.7 Å². The molecule has 7 nitrogen and oxygen atoms in total. The lowest BCUT2D eigenvalue weighted by Crippen LogP contribution is -2.55. The molecule has 92 valence electrons. The summed E-state index contributed by atoms with van der Waals surface area (Å²) in [6, 6.07) is -1.47. The molecule has 1 rings (SSSR count). The zero-order valence-corrected chi connectivity index (χ0v) is 9.06. The maximum absolute atomic E-state index is 11.6. The number of hydrogen-bond donors (Lipinski definition) is 5. The summed E-state index contributed by atoms with van der Waals surface area (Å²) in [6.45, 7) is 2.13. The Labute approximate surface area is 93.2 Å². The van der Waals surface area contributed by atoms with Crippen LogP contribution in [0, 0.1) is 0 Å². The van der Waals surface area contributed by atoms with E-state index in [1.165, 1.54) is 12.4 Å². The first-order chi connectivity index (χ1) is 7.56. The average molecular weight is 231 g/mol. The van der Waals surface area contributed by atoms with E-state index in [1.807, 2.05) is 0 Å². The quantitative estimate of drug-likeness (QED) is 0.287. The molecule has 1 saturated heterocycles. The predicted octanol–water partition coefficient (Wildman–Crippen LogP) is -1.89. The second-order valence-corrected chi connectivity index (χ2v) is 3.85. The van der Waals surface area contributed by atoms with E-state index in [0.29, 0.717) is 6.42 Å². The molecule has 1 unspecified atom stereocenters. The Bertz CT molecular complexity index is 263. The molecule has 5 N–H and O–H groups in total. The molecule has 0 aliphatic carbocycles. The van der Waals surface area contributed by atoms with Crippen LogP contribution in [0.1, 0.15) is 19.8 Å². The van der Waals surface area contributed by atoms with Crippen molar-refractivity contribution in [2.45, 2.75) is 38.0 Å². The summed E-state index contributed by atoms with van der Waals surface area (Å²) in [5, 5.41) is 23.1. The van der Waals surface area contributed by atoms with Crippen LogP contribution in [-0.4, -0.2) is 46.9 Å². The lowest BCUT2D eigenvalue weighted by molar-refractivity contribution is -0.137. The molecule has 0 aromatic rings. The van der Waals surface area contributed by atoms with E-state index in [9.17, 15) is 14.7 Å². The Morgan fingerprint density at radius 2 is 2.19 bits per heavy atom. The van der Waals surface area contributed by atoms with Gasteiger partial charge in [-0.25, -0.2) is 5.48 Å². The van der Waals surface area contributed by atoms with Crippen LogP contribution in [0.3, 0.4) is 0 Å². The first kappa shape index (κ1) is 12.9. The first-order valence-corrected chi connectivity index (χ1v) is 5.22. The molecule has 0 aromatic heterocycles. The number of hydroxylamine groups is 1. The fourth-order valence-electron chi connectivity index (χ4n) is 1.64. The van der Waals surface area contributed by atoms with E-state index in [-0.39, 0.29) is 11.9 Å². The van der Waals surface area contributed by atoms with Crippen LogP contribution < -0.4 is 16.1 Å². The number of amides is 2. The predicted molar refractivity (Wildman–Crippen MR) is 54.6 cm³/mol. The van der Waals surface area contributed by atoms with Crippen molar-refractivity contribution in [2.24, 2.45) is 0 Å². The molecule has 0 aromatic carbocycles. The van der Waals surface area contributed by atoms with Crippen molar-refractivity contribution in [2.75, 3.05) is 6.54 Å². The SMILES string of the molecule is C[C@@H](O)[C@H](NC(=O)C1CCCN1)C(=O)NO. The van der Waals surface area contributed by atoms with Crippen molar-refractivity contribution in [3.05, 3.63) is 0 Å². The zero-order chi connectivity index (χ0) is 12.1. The van der Waals surface area contributed by atoms with E-state index in [4.69, 9.17) is 5.21 Å². The van der Waals surface area contributed by atoms with Crippen LogP contribution in [0.25, 0.3) is 0 Å². The fourth-order valence-corrected chi connectivity index (χ4v) is 1.64. The van der Waals surface area contributed by atoms with Crippen molar-refractivity contribution in [3.63, 3.8) is 0 Å². The van der Waals surface area contributed by atoms with Crippen LogP contribution in [0.5, 0.6) is 0 Å². The summed E-state index contributed by atoms with van der Waals surface area (Å²) in [5.41, 5.74) is 1.41. The van der Waals surface area contributed by atoms with Gasteiger partial charge >= 0.3 is 0 Å². The molecule has 1 fully saturated rings. The smallest absolute Gasteiger partial charge is 0.268 e. The standard InChI is InChI=1S/C9H17N3O4/c1-5(13)7(9(15)12-16)11-8(14)6-3-2-4-10-6/h5-7,10,13,16H,2-4H2,1H3,(H,11,14)(H,12,15)/t5-,6?,7+/m1/s1. The number of carbonyl (C=O) groups is 2. The molecule has 0 spiro atoms. The van der Waals surface area contributed by atoms with Gasteiger partial charge in [-0.2, -0.15) is 0 Å². The van der Waals surface area contributed by atoms with Gasteiger partial charge in [0.05, 0.1) is 12.1 Å². The highest BCUT2D eigenvalue weighted by Gasteiger charge is 2.29. The Morgan fingerprint density at radius 1 is 1.50 bits per heavy atom. The maximum atomic E-state index is 11.6. The number of carbonyl (C=O) groups excluding carboxylic acids is 2. The van der Waals surface area contributed by atoms with Crippen molar-refractivity contribution in [1.29, 1.82) is 0 Å². The normalized spacial score (nSPS) is 23.6. The van der Waals surface area contributed by atoms with Crippen molar-refractivity contribution in [3.8, 4) is 0 Å². The van der Waals surface area contributed by atoms with Crippen LogP contribution in [0.4, 0.5) is 0 Å². The van der Waals surface area contributed by atoms with Crippen molar-refractivity contribution >= 4 is 11.8 Å². The van der Waals surface area contributed by atoms with Crippen molar-refractivity contribution < 1.29 is 19.9 Å². The lowest BCUT2D eigenvalue weighted by Gasteiger charge is -2.21. The molecule has 7 heteroatoms. The molecule has 1 aliphatic rings. The molecule has 0 radical (unpaired) electrons. The minimum absolute atomic E-state index is 0.326. The second-order valence-electron chi connectivity index (χ2n) is 3.85. The van der Waals surface area contributed by atoms with Gasteiger partial charge in [0.1, 0.15) is 6.04 Å². The minimum Gasteiger partial charge on any atom is -0.391 e. The van der Waals surface area contributed by atoms with Crippen LogP contribution >= 0.6 is 0 Å². The number of aliphatic hydroxyl groups excluding tert-OH is 1. The number of rotatable bonds is 4. The van der Waals surface area contributed by atoms with Gasteiger partial charge in [-0.3, -0.25) is 14.8 Å². The van der Waals surface area contributed by atoms with E-state index in [0.717, 1.165) is 13.0 Å². The zero-order valence-electron chi connectivity index (χ0n) is 9.06. The average Bonchev–Trinajstić information content (AvgIpc) is 2.77. The highest BCUT2D eigenvalue weighted by Crippen LogP contribution is 2.05. The first-order valence-electron chi connectivity index (χ1n) is 5.22. The van der Waals surface area contributed by atoms with Crippen LogP contribution in [-0.2, 0) is 9.59 Å². The van der Waals surface area contributed by atoms with Crippen LogP contribution in [0.15, 0.2) is 0 Å². The third-order valence-electron chi connectivity index (χ3n) is 2.55. The molecule has 1 heterocycles. The fraction of sp³-hybridized carbons (Fsp3) is 0.778. The Balaban J connectivity index is 2.53. The third-order valence-corrected chi connectivity index (χ3v) is 2.55. The third kappa shape index (κ3) is 3.16. The molecule has 3 atom stereocenters. The summed E-state index contributed by atoms with van der Waals surface area (Å²) in [7, 11) is 0. The number of aliphatic hydroxyl groups is 1. The van der Waals surface area contributed by atoms with E-state index in [2.05, 4.69) is 10.6 Å². The molecule has 0 saturated carbocycles. The van der Waals surface area contributed by atoms with Gasteiger partial charge in [0, 0.05) is 0 Å². The second kappa shape index (κ2) is 5.78. The summed E-state index contributed by atoms with van der Waals surface area (Å²) < 4.78 is 0. The summed E-state index contributed by atoms with van der Waals surface area (Å²) in [5.74, 6) is -1.17. The Morgan fingerprint density at radius 3 is 2.62 bits per heavy atom. The van der Waals surface area contributed by atoms with Gasteiger partial charge in [-0.15, -0.1) is 0 Å². The van der Waals surface area contributed by atoms with E-state index >= 15 is 0 Å². The molecule has 1 aliphatic heterocycles. The Hall–Kier alpha value is -1.18. The van der Waals surface area contributed by atoms with Crippen LogP contribution in [0.2, 0.25) is 0 Å². The summed E-state index contributed by atoms with van der Waals surface area (Å²) >= 11 is 0. The minimum atomic E-state index is -1.14. The topological polar surface area (TPSA) is 111 Å². The molecular weight excluding hydrogens is 214 g/mol. The molecule has 16 heavy (non-hydrogen) atoms. The Kier molecular flexibility index (Phi) is 4.66. The van der Waals surface area contributed by atoms with E-state index in [1.54, 1.807) is 0 Å². The largest absolute Gasteiger partial charge is 0.391 e. The maximum Gasteiger partial charge on any atom is 0.268 e. The molecule has 0 bridgehead atoms. The highest BCUT2D eigenvalue weighted by molar-refractivity contribution is 5.89. The highest BCUT2D eigenvalue weighted by atomic mass is 16.5. The van der Waals surface area contributed by atoms with Gasteiger partial charge in [-0.05, 0) is 26.3 Å². The van der Waals surface area contributed by atoms with Gasteiger partial charge in [0.15, 0.2) is 0 Å². The van der Waals surface area contributed by atoms with Gasteiger partial charge in [-0.1, -0.05) is 0 Å². The van der Waals surface area contributed by atoms with Crippen molar-refractivity contribution in [1.82, 2.24) is 16.1 Å². The molecular formula is C9H17N3O4. The molecule has 2 amide bonds. The summed E-state index contributed by atoms with van der Waals surface area (Å²) in [4.78, 5) is 22.8. The number of nitrogens with one attached hydrogen (secondary N) is 3. The summed E-state index contributed by atoms with van der Waals surface area (Å²) in [6.07, 6.45) is 0.542. The number of hydrogen-bond acceptors (Lipinski definition) is 5.